The SMILES string of the molecule is CCOC(=O)C(O)c1cc(CC)c(O)cc1C. The highest BCUT2D eigenvalue weighted by Gasteiger charge is 2.21. The van der Waals surface area contributed by atoms with Crippen LogP contribution in [0.2, 0.25) is 0 Å². The molecule has 0 saturated carbocycles. The Bertz CT molecular complexity index is 412. The van der Waals surface area contributed by atoms with E-state index in [2.05, 4.69) is 0 Å². The second-order valence-electron chi connectivity index (χ2n) is 3.85. The van der Waals surface area contributed by atoms with Gasteiger partial charge in [-0.25, -0.2) is 4.79 Å². The molecule has 0 amide bonds. The molecule has 1 unspecified atom stereocenters. The van der Waals surface area contributed by atoms with Gasteiger partial charge in [0.05, 0.1) is 6.61 Å². The molecule has 0 fully saturated rings. The minimum Gasteiger partial charge on any atom is -0.508 e. The summed E-state index contributed by atoms with van der Waals surface area (Å²) < 4.78 is 4.77. The number of esters is 1. The molecule has 4 nitrogen and oxygen atoms in total. The van der Waals surface area contributed by atoms with Crippen LogP contribution in [-0.4, -0.2) is 22.8 Å². The standard InChI is InChI=1S/C13H18O4/c1-4-9-7-10(8(3)6-11(9)14)12(15)13(16)17-5-2/h6-7,12,14-15H,4-5H2,1-3H3. The van der Waals surface area contributed by atoms with Crippen LogP contribution in [-0.2, 0) is 16.0 Å². The van der Waals surface area contributed by atoms with Gasteiger partial charge in [0.2, 0.25) is 0 Å². The second kappa shape index (κ2) is 5.68. The van der Waals surface area contributed by atoms with Gasteiger partial charge in [-0.1, -0.05) is 6.92 Å². The Morgan fingerprint density at radius 3 is 2.59 bits per heavy atom. The van der Waals surface area contributed by atoms with Gasteiger partial charge in [-0.15, -0.1) is 0 Å². The lowest BCUT2D eigenvalue weighted by Gasteiger charge is -2.14. The van der Waals surface area contributed by atoms with Gasteiger partial charge in [0.25, 0.3) is 0 Å². The summed E-state index contributed by atoms with van der Waals surface area (Å²) in [5, 5.41) is 19.5. The number of hydrogen-bond acceptors (Lipinski definition) is 4. The first-order chi connectivity index (χ1) is 8.01. The van der Waals surface area contributed by atoms with E-state index < -0.39 is 12.1 Å². The van der Waals surface area contributed by atoms with E-state index in [4.69, 9.17) is 4.74 Å². The van der Waals surface area contributed by atoms with E-state index in [0.29, 0.717) is 23.1 Å². The van der Waals surface area contributed by atoms with Gasteiger partial charge in [0.1, 0.15) is 5.75 Å². The van der Waals surface area contributed by atoms with E-state index >= 15 is 0 Å². The second-order valence-corrected chi connectivity index (χ2v) is 3.85. The molecule has 94 valence electrons. The predicted molar refractivity (Wildman–Crippen MR) is 63.8 cm³/mol. The Kier molecular flexibility index (Phi) is 4.52. The van der Waals surface area contributed by atoms with Gasteiger partial charge in [-0.05, 0) is 49.1 Å². The summed E-state index contributed by atoms with van der Waals surface area (Å²) in [7, 11) is 0. The molecule has 0 radical (unpaired) electrons. The average molecular weight is 238 g/mol. The number of benzene rings is 1. The van der Waals surface area contributed by atoms with Gasteiger partial charge in [0.15, 0.2) is 6.10 Å². The van der Waals surface area contributed by atoms with Gasteiger partial charge in [-0.3, -0.25) is 0 Å². The highest BCUT2D eigenvalue weighted by atomic mass is 16.5. The van der Waals surface area contributed by atoms with Gasteiger partial charge in [0, 0.05) is 0 Å². The van der Waals surface area contributed by atoms with Crippen molar-refractivity contribution in [2.45, 2.75) is 33.3 Å². The van der Waals surface area contributed by atoms with E-state index in [-0.39, 0.29) is 12.4 Å². The third-order valence-corrected chi connectivity index (χ3v) is 2.65. The number of carbonyl (C=O) groups excluding carboxylic acids is 1. The Morgan fingerprint density at radius 1 is 1.41 bits per heavy atom. The molecular formula is C13H18O4. The lowest BCUT2D eigenvalue weighted by atomic mass is 9.98. The van der Waals surface area contributed by atoms with Gasteiger partial charge in [-0.2, -0.15) is 0 Å². The van der Waals surface area contributed by atoms with Crippen LogP contribution < -0.4 is 0 Å². The molecule has 0 spiro atoms. The zero-order chi connectivity index (χ0) is 13.0. The first-order valence-electron chi connectivity index (χ1n) is 5.68. The monoisotopic (exact) mass is 238 g/mol. The number of phenols is 1. The van der Waals surface area contributed by atoms with E-state index in [1.54, 1.807) is 26.0 Å². The summed E-state index contributed by atoms with van der Waals surface area (Å²) in [6, 6.07) is 3.20. The highest BCUT2D eigenvalue weighted by Crippen LogP contribution is 2.27. The lowest BCUT2D eigenvalue weighted by molar-refractivity contribution is -0.153. The van der Waals surface area contributed by atoms with Crippen LogP contribution in [0.15, 0.2) is 12.1 Å². The molecule has 0 aliphatic carbocycles. The van der Waals surface area contributed by atoms with E-state index in [9.17, 15) is 15.0 Å². The molecule has 4 heteroatoms. The summed E-state index contributed by atoms with van der Waals surface area (Å²) >= 11 is 0. The van der Waals surface area contributed by atoms with Crippen molar-refractivity contribution in [3.8, 4) is 5.75 Å². The van der Waals surface area contributed by atoms with Crippen molar-refractivity contribution in [1.82, 2.24) is 0 Å². The maximum atomic E-state index is 11.4. The van der Waals surface area contributed by atoms with Crippen molar-refractivity contribution in [1.29, 1.82) is 0 Å². The van der Waals surface area contributed by atoms with Crippen LogP contribution in [0.1, 0.15) is 36.6 Å². The zero-order valence-corrected chi connectivity index (χ0v) is 10.4. The maximum Gasteiger partial charge on any atom is 0.339 e. The number of ether oxygens (including phenoxy) is 1. The number of aliphatic hydroxyl groups is 1. The molecule has 0 aromatic heterocycles. The smallest absolute Gasteiger partial charge is 0.339 e. The third-order valence-electron chi connectivity index (χ3n) is 2.65. The highest BCUT2D eigenvalue weighted by molar-refractivity contribution is 5.77. The number of rotatable bonds is 4. The summed E-state index contributed by atoms with van der Waals surface area (Å²) in [6.07, 6.45) is -0.657. The Balaban J connectivity index is 3.08. The fourth-order valence-corrected chi connectivity index (χ4v) is 1.68. The topological polar surface area (TPSA) is 66.8 Å². The molecule has 0 bridgehead atoms. The van der Waals surface area contributed by atoms with Crippen molar-refractivity contribution in [2.24, 2.45) is 0 Å². The number of aliphatic hydroxyl groups excluding tert-OH is 1. The molecule has 0 heterocycles. The molecule has 2 N–H and O–H groups in total. The van der Waals surface area contributed by atoms with Crippen molar-refractivity contribution < 1.29 is 19.7 Å². The normalized spacial score (nSPS) is 12.2. The average Bonchev–Trinajstić information content (AvgIpc) is 2.29. The fraction of sp³-hybridized carbons (Fsp3) is 0.462. The number of hydrogen-bond donors (Lipinski definition) is 2. The zero-order valence-electron chi connectivity index (χ0n) is 10.4. The van der Waals surface area contributed by atoms with Crippen LogP contribution in [0, 0.1) is 6.92 Å². The van der Waals surface area contributed by atoms with E-state index in [1.807, 2.05) is 6.92 Å². The minimum atomic E-state index is -1.29. The summed E-state index contributed by atoms with van der Waals surface area (Å²) in [5.74, 6) is -0.479. The van der Waals surface area contributed by atoms with Crippen LogP contribution in [0.3, 0.4) is 0 Å². The first-order valence-corrected chi connectivity index (χ1v) is 5.68. The molecule has 1 aromatic rings. The fourth-order valence-electron chi connectivity index (χ4n) is 1.68. The lowest BCUT2D eigenvalue weighted by Crippen LogP contribution is -2.16. The number of aromatic hydroxyl groups is 1. The molecule has 0 saturated heterocycles. The van der Waals surface area contributed by atoms with E-state index in [0.717, 1.165) is 0 Å². The summed E-state index contributed by atoms with van der Waals surface area (Å²) in [4.78, 5) is 11.4. The molecule has 0 aliphatic rings. The summed E-state index contributed by atoms with van der Waals surface area (Å²) in [6.45, 7) is 5.54. The van der Waals surface area contributed by atoms with Crippen LogP contribution in [0.25, 0.3) is 0 Å². The van der Waals surface area contributed by atoms with Gasteiger partial charge < -0.3 is 14.9 Å². The molecule has 0 aliphatic heterocycles. The first kappa shape index (κ1) is 13.5. The van der Waals surface area contributed by atoms with Crippen molar-refractivity contribution in [3.63, 3.8) is 0 Å². The van der Waals surface area contributed by atoms with E-state index in [1.165, 1.54) is 0 Å². The Labute approximate surface area is 101 Å². The minimum absolute atomic E-state index is 0.185. The van der Waals surface area contributed by atoms with Crippen LogP contribution in [0.5, 0.6) is 5.75 Å². The Morgan fingerprint density at radius 2 is 2.06 bits per heavy atom. The number of carbonyl (C=O) groups is 1. The van der Waals surface area contributed by atoms with Crippen molar-refractivity contribution in [2.75, 3.05) is 6.61 Å². The van der Waals surface area contributed by atoms with Crippen LogP contribution in [0.4, 0.5) is 0 Å². The van der Waals surface area contributed by atoms with Crippen molar-refractivity contribution >= 4 is 5.97 Å². The molecular weight excluding hydrogens is 220 g/mol. The molecule has 1 aromatic carbocycles. The van der Waals surface area contributed by atoms with Crippen LogP contribution >= 0.6 is 0 Å². The van der Waals surface area contributed by atoms with Gasteiger partial charge >= 0.3 is 5.97 Å². The predicted octanol–water partition coefficient (Wildman–Crippen LogP) is 1.86. The molecule has 1 atom stereocenters. The molecule has 17 heavy (non-hydrogen) atoms. The Hall–Kier alpha value is -1.55. The number of aryl methyl sites for hydroxylation is 2. The largest absolute Gasteiger partial charge is 0.508 e. The quantitative estimate of drug-likeness (QED) is 0.786. The third kappa shape index (κ3) is 2.97. The number of phenolic OH excluding ortho intramolecular Hbond substituents is 1. The maximum absolute atomic E-state index is 11.4. The van der Waals surface area contributed by atoms with Crippen molar-refractivity contribution in [3.05, 3.63) is 28.8 Å². The molecule has 1 rings (SSSR count). The summed E-state index contributed by atoms with van der Waals surface area (Å²) in [5.41, 5.74) is 1.85.